The van der Waals surface area contributed by atoms with Crippen molar-refractivity contribution in [1.82, 2.24) is 24.8 Å². The van der Waals surface area contributed by atoms with Gasteiger partial charge in [-0.25, -0.2) is 0 Å². The Morgan fingerprint density at radius 2 is 2.00 bits per heavy atom. The standard InChI is InChI=1S/C24H24N6OS/c1-15-22(16(2)31-28-15)26-23(32)29-9-7-24(14-29)8-10-30-21(24)12-20(27-30)18-11-17-5-3-4-6-19(17)25-13-18/h3-6,11-13H,7-10,14H2,1-2H3,(H,26,32). The quantitative estimate of drug-likeness (QED) is 0.458. The molecule has 5 heterocycles. The monoisotopic (exact) mass is 444 g/mol. The molecule has 8 heteroatoms. The average molecular weight is 445 g/mol. The number of aromatic nitrogens is 4. The molecule has 1 fully saturated rings. The second-order valence-corrected chi connectivity index (χ2v) is 9.27. The molecular weight excluding hydrogens is 420 g/mol. The van der Waals surface area contributed by atoms with E-state index in [1.165, 1.54) is 5.69 Å². The van der Waals surface area contributed by atoms with Gasteiger partial charge >= 0.3 is 0 Å². The van der Waals surface area contributed by atoms with Crippen molar-refractivity contribution in [2.24, 2.45) is 0 Å². The number of likely N-dealkylation sites (tertiary alicyclic amines) is 1. The van der Waals surface area contributed by atoms with Gasteiger partial charge in [0.2, 0.25) is 0 Å². The minimum Gasteiger partial charge on any atom is -0.359 e. The van der Waals surface area contributed by atoms with Crippen molar-refractivity contribution in [3.05, 3.63) is 59.7 Å². The lowest BCUT2D eigenvalue weighted by Crippen LogP contribution is -2.36. The number of hydrogen-bond donors (Lipinski definition) is 1. The smallest absolute Gasteiger partial charge is 0.173 e. The van der Waals surface area contributed by atoms with Gasteiger partial charge in [-0.2, -0.15) is 5.10 Å². The van der Waals surface area contributed by atoms with E-state index in [4.69, 9.17) is 21.8 Å². The molecule has 0 aliphatic carbocycles. The summed E-state index contributed by atoms with van der Waals surface area (Å²) in [5.74, 6) is 0.756. The largest absolute Gasteiger partial charge is 0.359 e. The van der Waals surface area contributed by atoms with E-state index in [-0.39, 0.29) is 5.41 Å². The Morgan fingerprint density at radius 1 is 1.16 bits per heavy atom. The summed E-state index contributed by atoms with van der Waals surface area (Å²) >= 11 is 5.74. The zero-order chi connectivity index (χ0) is 21.9. The van der Waals surface area contributed by atoms with Crippen LogP contribution in [-0.4, -0.2) is 43.0 Å². The van der Waals surface area contributed by atoms with Gasteiger partial charge in [-0.3, -0.25) is 9.67 Å². The molecule has 0 bridgehead atoms. The molecule has 32 heavy (non-hydrogen) atoms. The number of para-hydroxylation sites is 1. The molecule has 1 aromatic carbocycles. The fourth-order valence-corrected chi connectivity index (χ4v) is 5.38. The van der Waals surface area contributed by atoms with E-state index < -0.39 is 0 Å². The van der Waals surface area contributed by atoms with Crippen LogP contribution in [-0.2, 0) is 12.0 Å². The fraction of sp³-hybridized carbons (Fsp3) is 0.333. The molecule has 7 nitrogen and oxygen atoms in total. The lowest BCUT2D eigenvalue weighted by atomic mass is 9.82. The Morgan fingerprint density at radius 3 is 2.84 bits per heavy atom. The second-order valence-electron chi connectivity index (χ2n) is 8.89. The highest BCUT2D eigenvalue weighted by Gasteiger charge is 2.46. The predicted octanol–water partition coefficient (Wildman–Crippen LogP) is 4.45. The number of fused-ring (bicyclic) bond motifs is 3. The predicted molar refractivity (Wildman–Crippen MR) is 128 cm³/mol. The first-order valence-electron chi connectivity index (χ1n) is 10.9. The van der Waals surface area contributed by atoms with E-state index in [1.807, 2.05) is 38.2 Å². The lowest BCUT2D eigenvalue weighted by molar-refractivity contribution is 0.393. The Balaban J connectivity index is 1.25. The zero-order valence-corrected chi connectivity index (χ0v) is 18.9. The van der Waals surface area contributed by atoms with Gasteiger partial charge in [0.1, 0.15) is 11.4 Å². The Labute approximate surface area is 191 Å². The second kappa shape index (κ2) is 7.13. The third kappa shape index (κ3) is 3.01. The van der Waals surface area contributed by atoms with Crippen LogP contribution in [0.5, 0.6) is 0 Å². The van der Waals surface area contributed by atoms with Crippen LogP contribution in [0.3, 0.4) is 0 Å². The van der Waals surface area contributed by atoms with Crippen LogP contribution in [0.1, 0.15) is 30.0 Å². The molecule has 1 saturated heterocycles. The van der Waals surface area contributed by atoms with Crippen LogP contribution in [0.4, 0.5) is 5.69 Å². The van der Waals surface area contributed by atoms with Gasteiger partial charge in [-0.05, 0) is 57.1 Å². The van der Waals surface area contributed by atoms with Crippen LogP contribution in [0.15, 0.2) is 47.1 Å². The topological polar surface area (TPSA) is 72.0 Å². The maximum atomic E-state index is 5.74. The van der Waals surface area contributed by atoms with Gasteiger partial charge in [0.25, 0.3) is 0 Å². The Bertz CT molecular complexity index is 1340. The van der Waals surface area contributed by atoms with Crippen molar-refractivity contribution < 1.29 is 4.52 Å². The maximum absolute atomic E-state index is 5.74. The first-order chi connectivity index (χ1) is 15.5. The van der Waals surface area contributed by atoms with E-state index in [1.54, 1.807) is 0 Å². The first kappa shape index (κ1) is 19.4. The fourth-order valence-electron chi connectivity index (χ4n) is 5.12. The van der Waals surface area contributed by atoms with Crippen LogP contribution in [0, 0.1) is 13.8 Å². The molecule has 4 aromatic rings. The van der Waals surface area contributed by atoms with Gasteiger partial charge < -0.3 is 14.7 Å². The van der Waals surface area contributed by atoms with E-state index in [0.717, 1.165) is 76.9 Å². The van der Waals surface area contributed by atoms with Crippen LogP contribution in [0.2, 0.25) is 0 Å². The molecular formula is C24H24N6OS. The minimum absolute atomic E-state index is 0.0833. The number of aryl methyl sites for hydroxylation is 3. The summed E-state index contributed by atoms with van der Waals surface area (Å²) in [4.78, 5) is 6.88. The highest BCUT2D eigenvalue weighted by atomic mass is 32.1. The van der Waals surface area contributed by atoms with Gasteiger partial charge in [0, 0.05) is 47.9 Å². The van der Waals surface area contributed by atoms with Gasteiger partial charge in [0.05, 0.1) is 11.2 Å². The summed E-state index contributed by atoms with van der Waals surface area (Å²) in [7, 11) is 0. The molecule has 1 N–H and O–H groups in total. The first-order valence-corrected chi connectivity index (χ1v) is 11.4. The maximum Gasteiger partial charge on any atom is 0.173 e. The number of thiocarbonyl (C=S) groups is 1. The van der Waals surface area contributed by atoms with Crippen molar-refractivity contribution in [2.45, 2.75) is 38.6 Å². The minimum atomic E-state index is 0.0833. The van der Waals surface area contributed by atoms with Crippen molar-refractivity contribution in [2.75, 3.05) is 18.4 Å². The van der Waals surface area contributed by atoms with Crippen LogP contribution >= 0.6 is 12.2 Å². The molecule has 6 rings (SSSR count). The van der Waals surface area contributed by atoms with Crippen LogP contribution in [0.25, 0.3) is 22.2 Å². The molecule has 0 radical (unpaired) electrons. The summed E-state index contributed by atoms with van der Waals surface area (Å²) in [6, 6.07) is 12.6. The third-order valence-electron chi connectivity index (χ3n) is 6.92. The summed E-state index contributed by atoms with van der Waals surface area (Å²) < 4.78 is 7.44. The summed E-state index contributed by atoms with van der Waals surface area (Å²) in [5, 5.41) is 14.2. The molecule has 2 aliphatic rings. The molecule has 162 valence electrons. The molecule has 0 amide bonds. The summed E-state index contributed by atoms with van der Waals surface area (Å²) in [6.07, 6.45) is 4.09. The normalized spacial score (nSPS) is 19.8. The molecule has 2 aliphatic heterocycles. The molecule has 0 saturated carbocycles. The van der Waals surface area contributed by atoms with E-state index in [0.29, 0.717) is 0 Å². The summed E-state index contributed by atoms with van der Waals surface area (Å²) in [6.45, 7) is 6.57. The van der Waals surface area contributed by atoms with Crippen molar-refractivity contribution in [3.8, 4) is 11.3 Å². The number of nitrogens with one attached hydrogen (secondary N) is 1. The number of benzene rings is 1. The molecule has 1 atom stereocenters. The van der Waals surface area contributed by atoms with Gasteiger partial charge in [0.15, 0.2) is 10.9 Å². The number of anilines is 1. The number of rotatable bonds is 2. The van der Waals surface area contributed by atoms with Gasteiger partial charge in [-0.1, -0.05) is 23.4 Å². The Hall–Kier alpha value is -3.26. The summed E-state index contributed by atoms with van der Waals surface area (Å²) in [5.41, 5.74) is 6.15. The highest BCUT2D eigenvalue weighted by molar-refractivity contribution is 7.80. The third-order valence-corrected chi connectivity index (χ3v) is 7.28. The van der Waals surface area contributed by atoms with Crippen LogP contribution < -0.4 is 5.32 Å². The Kier molecular flexibility index (Phi) is 4.33. The average Bonchev–Trinajstić information content (AvgIpc) is 3.57. The van der Waals surface area contributed by atoms with E-state index >= 15 is 0 Å². The number of pyridine rings is 1. The number of nitrogens with zero attached hydrogens (tertiary/aromatic N) is 5. The molecule has 1 spiro atoms. The zero-order valence-electron chi connectivity index (χ0n) is 18.1. The molecule has 1 unspecified atom stereocenters. The van der Waals surface area contributed by atoms with E-state index in [9.17, 15) is 0 Å². The lowest BCUT2D eigenvalue weighted by Gasteiger charge is -2.25. The van der Waals surface area contributed by atoms with Crippen molar-refractivity contribution in [3.63, 3.8) is 0 Å². The highest BCUT2D eigenvalue weighted by Crippen LogP contribution is 2.44. The van der Waals surface area contributed by atoms with Gasteiger partial charge in [-0.15, -0.1) is 0 Å². The van der Waals surface area contributed by atoms with Crippen molar-refractivity contribution >= 4 is 33.9 Å². The van der Waals surface area contributed by atoms with E-state index in [2.05, 4.69) is 43.2 Å². The number of hydrogen-bond acceptors (Lipinski definition) is 5. The molecule has 3 aromatic heterocycles. The van der Waals surface area contributed by atoms with Crippen molar-refractivity contribution in [1.29, 1.82) is 0 Å². The SMILES string of the molecule is Cc1noc(C)c1NC(=S)N1CCC2(CCn3nc(-c4cnc5ccccc5c4)cc32)C1.